The van der Waals surface area contributed by atoms with E-state index in [0.717, 1.165) is 11.8 Å². The molecule has 1 saturated carbocycles. The van der Waals surface area contributed by atoms with Crippen LogP contribution in [0.1, 0.15) is 39.5 Å². The van der Waals surface area contributed by atoms with Crippen molar-refractivity contribution in [1.82, 2.24) is 10.2 Å². The topological polar surface area (TPSA) is 15.3 Å². The minimum atomic E-state index is 0.715. The average Bonchev–Trinajstić information content (AvgIpc) is 3.02. The van der Waals surface area contributed by atoms with Crippen molar-refractivity contribution >= 4 is 0 Å². The van der Waals surface area contributed by atoms with Crippen LogP contribution >= 0.6 is 0 Å². The van der Waals surface area contributed by atoms with Crippen LogP contribution in [0.4, 0.5) is 0 Å². The summed E-state index contributed by atoms with van der Waals surface area (Å²) in [6.07, 6.45) is 5.78. The van der Waals surface area contributed by atoms with Crippen LogP contribution in [-0.4, -0.2) is 37.1 Å². The zero-order chi connectivity index (χ0) is 10.7. The molecule has 0 bridgehead atoms. The molecule has 0 spiro atoms. The number of hydrogen-bond donors (Lipinski definition) is 1. The number of rotatable bonds is 4. The molecule has 2 fully saturated rings. The molecule has 1 heterocycles. The summed E-state index contributed by atoms with van der Waals surface area (Å²) in [4.78, 5) is 2.68. The van der Waals surface area contributed by atoms with E-state index in [9.17, 15) is 0 Å². The average molecular weight is 210 g/mol. The second kappa shape index (κ2) is 5.31. The maximum Gasteiger partial charge on any atom is 0.0217 e. The molecular formula is C13H26N2. The van der Waals surface area contributed by atoms with Crippen LogP contribution in [-0.2, 0) is 0 Å². The predicted molar refractivity (Wildman–Crippen MR) is 65.0 cm³/mol. The molecule has 88 valence electrons. The Hall–Kier alpha value is -0.0800. The molecule has 15 heavy (non-hydrogen) atoms. The van der Waals surface area contributed by atoms with Crippen molar-refractivity contribution in [3.05, 3.63) is 0 Å². The minimum absolute atomic E-state index is 0.715. The summed E-state index contributed by atoms with van der Waals surface area (Å²) in [7, 11) is 0. The highest BCUT2D eigenvalue weighted by Crippen LogP contribution is 2.32. The molecule has 0 amide bonds. The quantitative estimate of drug-likeness (QED) is 0.764. The first-order valence-electron chi connectivity index (χ1n) is 6.71. The van der Waals surface area contributed by atoms with Crippen molar-refractivity contribution < 1.29 is 0 Å². The first kappa shape index (κ1) is 11.4. The molecule has 2 rings (SSSR count). The largest absolute Gasteiger partial charge is 0.312 e. The van der Waals surface area contributed by atoms with Gasteiger partial charge in [0.25, 0.3) is 0 Å². The molecule has 0 aromatic rings. The van der Waals surface area contributed by atoms with E-state index in [1.54, 1.807) is 0 Å². The molecule has 1 aliphatic carbocycles. The van der Waals surface area contributed by atoms with Crippen molar-refractivity contribution in [3.63, 3.8) is 0 Å². The summed E-state index contributed by atoms with van der Waals surface area (Å²) in [5.41, 5.74) is 0. The Labute approximate surface area is 94.4 Å². The lowest BCUT2D eigenvalue weighted by Gasteiger charge is -2.26. The van der Waals surface area contributed by atoms with Crippen LogP contribution in [0.2, 0.25) is 0 Å². The molecule has 2 nitrogen and oxygen atoms in total. The number of hydrogen-bond acceptors (Lipinski definition) is 2. The number of nitrogens with one attached hydrogen (secondary N) is 1. The molecule has 0 aromatic carbocycles. The third kappa shape index (κ3) is 3.76. The lowest BCUT2D eigenvalue weighted by Crippen LogP contribution is -2.41. The Bertz CT molecular complexity index is 187. The van der Waals surface area contributed by atoms with Gasteiger partial charge in [-0.2, -0.15) is 0 Å². The van der Waals surface area contributed by atoms with Gasteiger partial charge < -0.3 is 10.2 Å². The summed E-state index contributed by atoms with van der Waals surface area (Å²) >= 11 is 0. The molecule has 1 N–H and O–H groups in total. The Morgan fingerprint density at radius 2 is 2.13 bits per heavy atom. The fourth-order valence-electron chi connectivity index (χ4n) is 2.45. The second-order valence-corrected chi connectivity index (χ2v) is 5.69. The third-order valence-corrected chi connectivity index (χ3v) is 3.87. The van der Waals surface area contributed by atoms with E-state index in [0.29, 0.717) is 6.04 Å². The van der Waals surface area contributed by atoms with E-state index in [1.165, 1.54) is 51.9 Å². The monoisotopic (exact) mass is 210 g/mol. The van der Waals surface area contributed by atoms with E-state index >= 15 is 0 Å². The van der Waals surface area contributed by atoms with Gasteiger partial charge in [0.1, 0.15) is 0 Å². The third-order valence-electron chi connectivity index (χ3n) is 3.87. The van der Waals surface area contributed by atoms with Gasteiger partial charge in [-0.1, -0.05) is 26.7 Å². The van der Waals surface area contributed by atoms with Gasteiger partial charge in [0.2, 0.25) is 0 Å². The zero-order valence-electron chi connectivity index (χ0n) is 10.3. The van der Waals surface area contributed by atoms with Crippen molar-refractivity contribution in [2.24, 2.45) is 11.8 Å². The summed E-state index contributed by atoms with van der Waals surface area (Å²) in [6, 6.07) is 0.715. The van der Waals surface area contributed by atoms with Crippen LogP contribution in [0.25, 0.3) is 0 Å². The van der Waals surface area contributed by atoms with Gasteiger partial charge in [-0.25, -0.2) is 0 Å². The fraction of sp³-hybridized carbons (Fsp3) is 1.00. The zero-order valence-corrected chi connectivity index (χ0v) is 10.3. The molecule has 1 saturated heterocycles. The Balaban J connectivity index is 1.75. The SMILES string of the molecule is CC(C)C1CN(CCC2CC2)CCCN1. The lowest BCUT2D eigenvalue weighted by molar-refractivity contribution is 0.239. The highest BCUT2D eigenvalue weighted by atomic mass is 15.2. The van der Waals surface area contributed by atoms with Crippen LogP contribution in [0.5, 0.6) is 0 Å². The van der Waals surface area contributed by atoms with Gasteiger partial charge in [-0.15, -0.1) is 0 Å². The predicted octanol–water partition coefficient (Wildman–Crippen LogP) is 2.11. The van der Waals surface area contributed by atoms with Crippen molar-refractivity contribution in [3.8, 4) is 0 Å². The van der Waals surface area contributed by atoms with Gasteiger partial charge in [0.15, 0.2) is 0 Å². The highest BCUT2D eigenvalue weighted by molar-refractivity contribution is 4.81. The first-order chi connectivity index (χ1) is 7.25. The van der Waals surface area contributed by atoms with Gasteiger partial charge in [0, 0.05) is 12.6 Å². The molecule has 0 aromatic heterocycles. The molecule has 1 aliphatic heterocycles. The van der Waals surface area contributed by atoms with E-state index in [2.05, 4.69) is 24.1 Å². The Kier molecular flexibility index (Phi) is 4.04. The van der Waals surface area contributed by atoms with E-state index in [1.807, 2.05) is 0 Å². The van der Waals surface area contributed by atoms with Crippen LogP contribution in [0.15, 0.2) is 0 Å². The van der Waals surface area contributed by atoms with E-state index in [-0.39, 0.29) is 0 Å². The normalized spacial score (nSPS) is 29.4. The van der Waals surface area contributed by atoms with Gasteiger partial charge in [-0.05, 0) is 44.3 Å². The molecular weight excluding hydrogens is 184 g/mol. The van der Waals surface area contributed by atoms with Crippen LogP contribution < -0.4 is 5.32 Å². The Morgan fingerprint density at radius 3 is 2.80 bits per heavy atom. The van der Waals surface area contributed by atoms with Crippen LogP contribution in [0, 0.1) is 11.8 Å². The minimum Gasteiger partial charge on any atom is -0.312 e. The van der Waals surface area contributed by atoms with Crippen molar-refractivity contribution in [1.29, 1.82) is 0 Å². The van der Waals surface area contributed by atoms with Crippen LogP contribution in [0.3, 0.4) is 0 Å². The highest BCUT2D eigenvalue weighted by Gasteiger charge is 2.24. The molecule has 2 heteroatoms. The molecule has 0 radical (unpaired) electrons. The van der Waals surface area contributed by atoms with E-state index < -0.39 is 0 Å². The van der Waals surface area contributed by atoms with E-state index in [4.69, 9.17) is 0 Å². The Morgan fingerprint density at radius 1 is 1.33 bits per heavy atom. The number of nitrogens with zero attached hydrogens (tertiary/aromatic N) is 1. The summed E-state index contributed by atoms with van der Waals surface area (Å²) in [5, 5.41) is 3.67. The molecule has 1 unspecified atom stereocenters. The van der Waals surface area contributed by atoms with Gasteiger partial charge >= 0.3 is 0 Å². The smallest absolute Gasteiger partial charge is 0.0217 e. The molecule has 2 aliphatic rings. The summed E-state index contributed by atoms with van der Waals surface area (Å²) < 4.78 is 0. The lowest BCUT2D eigenvalue weighted by atomic mass is 10.0. The summed E-state index contributed by atoms with van der Waals surface area (Å²) in [5.74, 6) is 1.85. The molecule has 1 atom stereocenters. The van der Waals surface area contributed by atoms with Gasteiger partial charge in [0.05, 0.1) is 0 Å². The summed E-state index contributed by atoms with van der Waals surface area (Å²) in [6.45, 7) is 9.80. The van der Waals surface area contributed by atoms with Crippen molar-refractivity contribution in [2.75, 3.05) is 26.2 Å². The second-order valence-electron chi connectivity index (χ2n) is 5.69. The maximum absolute atomic E-state index is 3.67. The standard InChI is InChI=1S/C13H26N2/c1-11(2)13-10-15(8-3-7-14-13)9-6-12-4-5-12/h11-14H,3-10H2,1-2H3. The van der Waals surface area contributed by atoms with Gasteiger partial charge in [-0.3, -0.25) is 0 Å². The maximum atomic E-state index is 3.67. The fourth-order valence-corrected chi connectivity index (χ4v) is 2.45. The first-order valence-corrected chi connectivity index (χ1v) is 6.71. The van der Waals surface area contributed by atoms with Crippen molar-refractivity contribution in [2.45, 2.75) is 45.6 Å².